The standard InChI is InChI=1S/C26H26F3N5OS/c1-30-15-17-4-2-3-5-20(17)23-9-7-19(36-23)16-31-25-22-14-18(34-10-12-35-13-11-34)6-8-21(22)24(32-33-25)26(27,28)29/h2-9,14,30H,10-13,15-16H2,1H3,(H,31,33). The maximum absolute atomic E-state index is 13.7. The van der Waals surface area contributed by atoms with Crippen molar-refractivity contribution in [3.05, 3.63) is 70.7 Å². The summed E-state index contributed by atoms with van der Waals surface area (Å²) in [6.07, 6.45) is -4.59. The molecule has 0 aliphatic carbocycles. The number of anilines is 2. The van der Waals surface area contributed by atoms with Gasteiger partial charge in [-0.15, -0.1) is 21.5 Å². The molecule has 6 nitrogen and oxygen atoms in total. The normalized spacial score (nSPS) is 14.4. The van der Waals surface area contributed by atoms with Crippen molar-refractivity contribution in [1.29, 1.82) is 0 Å². The molecule has 1 aliphatic heterocycles. The van der Waals surface area contributed by atoms with Crippen molar-refractivity contribution >= 4 is 33.6 Å². The van der Waals surface area contributed by atoms with E-state index in [9.17, 15) is 13.2 Å². The third-order valence-electron chi connectivity index (χ3n) is 6.15. The van der Waals surface area contributed by atoms with E-state index < -0.39 is 11.9 Å². The molecule has 1 fully saturated rings. The van der Waals surface area contributed by atoms with Crippen LogP contribution >= 0.6 is 11.3 Å². The molecule has 2 aromatic heterocycles. The highest BCUT2D eigenvalue weighted by Crippen LogP contribution is 2.37. The number of morpholine rings is 1. The first-order valence-corrected chi connectivity index (χ1v) is 12.5. The summed E-state index contributed by atoms with van der Waals surface area (Å²) in [6.45, 7) is 3.74. The van der Waals surface area contributed by atoms with Crippen LogP contribution in [-0.2, 0) is 24.0 Å². The van der Waals surface area contributed by atoms with Crippen LogP contribution in [0.4, 0.5) is 24.7 Å². The van der Waals surface area contributed by atoms with Crippen molar-refractivity contribution in [2.45, 2.75) is 19.3 Å². The Morgan fingerprint density at radius 1 is 0.972 bits per heavy atom. The van der Waals surface area contributed by atoms with E-state index in [1.54, 1.807) is 23.5 Å². The SMILES string of the molecule is CNCc1ccccc1-c1ccc(CNc2nnc(C(F)(F)F)c3ccc(N4CCOCC4)cc23)s1. The second-order valence-corrected chi connectivity index (χ2v) is 9.70. The summed E-state index contributed by atoms with van der Waals surface area (Å²) in [5.41, 5.74) is 2.24. The molecule has 5 rings (SSSR count). The van der Waals surface area contributed by atoms with Crippen LogP contribution in [0.15, 0.2) is 54.6 Å². The van der Waals surface area contributed by atoms with E-state index in [0.29, 0.717) is 44.1 Å². The lowest BCUT2D eigenvalue weighted by Crippen LogP contribution is -2.36. The fourth-order valence-electron chi connectivity index (χ4n) is 4.39. The van der Waals surface area contributed by atoms with Crippen LogP contribution in [0.1, 0.15) is 16.1 Å². The number of fused-ring (bicyclic) bond motifs is 1. The zero-order chi connectivity index (χ0) is 25.1. The van der Waals surface area contributed by atoms with E-state index in [1.807, 2.05) is 25.2 Å². The number of hydrogen-bond acceptors (Lipinski definition) is 7. The predicted octanol–water partition coefficient (Wildman–Crippen LogP) is 5.55. The van der Waals surface area contributed by atoms with Crippen molar-refractivity contribution < 1.29 is 17.9 Å². The molecule has 10 heteroatoms. The number of rotatable bonds is 7. The molecule has 188 valence electrons. The van der Waals surface area contributed by atoms with Crippen LogP contribution in [0.5, 0.6) is 0 Å². The molecule has 2 aromatic carbocycles. The molecule has 0 unspecified atom stereocenters. The number of halogens is 3. The minimum absolute atomic E-state index is 0.0323. The zero-order valence-corrected chi connectivity index (χ0v) is 20.5. The minimum atomic E-state index is -4.59. The van der Waals surface area contributed by atoms with Gasteiger partial charge in [-0.05, 0) is 48.5 Å². The Kier molecular flexibility index (Phi) is 7.08. The smallest absolute Gasteiger partial charge is 0.378 e. The van der Waals surface area contributed by atoms with Crippen molar-refractivity contribution in [2.75, 3.05) is 43.6 Å². The third kappa shape index (κ3) is 5.16. The van der Waals surface area contributed by atoms with E-state index in [-0.39, 0.29) is 5.39 Å². The van der Waals surface area contributed by atoms with Gasteiger partial charge >= 0.3 is 6.18 Å². The highest BCUT2D eigenvalue weighted by Gasteiger charge is 2.36. The number of thiophene rings is 1. The highest BCUT2D eigenvalue weighted by atomic mass is 32.1. The van der Waals surface area contributed by atoms with Crippen LogP contribution in [0.25, 0.3) is 21.2 Å². The lowest BCUT2D eigenvalue weighted by Gasteiger charge is -2.29. The Morgan fingerprint density at radius 2 is 1.78 bits per heavy atom. The molecule has 0 atom stereocenters. The van der Waals surface area contributed by atoms with Gasteiger partial charge in [-0.25, -0.2) is 0 Å². The van der Waals surface area contributed by atoms with Crippen LogP contribution in [-0.4, -0.2) is 43.5 Å². The molecule has 0 saturated carbocycles. The fourth-order valence-corrected chi connectivity index (χ4v) is 5.40. The number of aromatic nitrogens is 2. The first-order chi connectivity index (χ1) is 17.4. The quantitative estimate of drug-likeness (QED) is 0.338. The second kappa shape index (κ2) is 10.4. The molecular formula is C26H26F3N5OS. The van der Waals surface area contributed by atoms with Gasteiger partial charge in [0.1, 0.15) is 0 Å². The van der Waals surface area contributed by atoms with E-state index in [0.717, 1.165) is 27.5 Å². The average molecular weight is 514 g/mol. The van der Waals surface area contributed by atoms with Crippen LogP contribution < -0.4 is 15.5 Å². The van der Waals surface area contributed by atoms with Gasteiger partial charge in [0.05, 0.1) is 19.8 Å². The van der Waals surface area contributed by atoms with Crippen molar-refractivity contribution in [3.8, 4) is 10.4 Å². The first kappa shape index (κ1) is 24.5. The maximum Gasteiger partial charge on any atom is 0.435 e. The van der Waals surface area contributed by atoms with Gasteiger partial charge in [-0.1, -0.05) is 24.3 Å². The lowest BCUT2D eigenvalue weighted by atomic mass is 10.1. The summed E-state index contributed by atoms with van der Waals surface area (Å²) in [5, 5.41) is 14.4. The van der Waals surface area contributed by atoms with Gasteiger partial charge in [0.15, 0.2) is 11.5 Å². The Labute approximate surface area is 211 Å². The number of benzene rings is 2. The summed E-state index contributed by atoms with van der Waals surface area (Å²) in [5.74, 6) is 0.332. The number of ether oxygens (including phenoxy) is 1. The van der Waals surface area contributed by atoms with Gasteiger partial charge in [-0.3, -0.25) is 0 Å². The van der Waals surface area contributed by atoms with Gasteiger partial charge in [0.25, 0.3) is 0 Å². The summed E-state index contributed by atoms with van der Waals surface area (Å²) in [6, 6.07) is 17.3. The summed E-state index contributed by atoms with van der Waals surface area (Å²) in [7, 11) is 1.92. The molecule has 0 spiro atoms. The average Bonchev–Trinajstić information content (AvgIpc) is 3.36. The van der Waals surface area contributed by atoms with Gasteiger partial charge in [0, 0.05) is 45.8 Å². The number of nitrogens with zero attached hydrogens (tertiary/aromatic N) is 3. The molecule has 3 heterocycles. The molecule has 0 radical (unpaired) electrons. The molecule has 0 amide bonds. The van der Waals surface area contributed by atoms with Crippen LogP contribution in [0.2, 0.25) is 0 Å². The van der Waals surface area contributed by atoms with Crippen molar-refractivity contribution in [1.82, 2.24) is 15.5 Å². The zero-order valence-electron chi connectivity index (χ0n) is 19.7. The highest BCUT2D eigenvalue weighted by molar-refractivity contribution is 7.15. The number of nitrogens with one attached hydrogen (secondary N) is 2. The minimum Gasteiger partial charge on any atom is -0.378 e. The topological polar surface area (TPSA) is 62.3 Å². The second-order valence-electron chi connectivity index (χ2n) is 8.53. The van der Waals surface area contributed by atoms with Gasteiger partial charge in [0.2, 0.25) is 0 Å². The van der Waals surface area contributed by atoms with Crippen LogP contribution in [0, 0.1) is 0 Å². The molecular weight excluding hydrogens is 487 g/mol. The Morgan fingerprint density at radius 3 is 2.56 bits per heavy atom. The first-order valence-electron chi connectivity index (χ1n) is 11.7. The van der Waals surface area contributed by atoms with Crippen molar-refractivity contribution in [2.24, 2.45) is 0 Å². The van der Waals surface area contributed by atoms with E-state index in [1.165, 1.54) is 11.6 Å². The molecule has 0 bridgehead atoms. The molecule has 4 aromatic rings. The molecule has 36 heavy (non-hydrogen) atoms. The number of hydrogen-bond donors (Lipinski definition) is 2. The number of alkyl halides is 3. The Hall–Kier alpha value is -3.21. The predicted molar refractivity (Wildman–Crippen MR) is 137 cm³/mol. The molecule has 1 aliphatic rings. The van der Waals surface area contributed by atoms with Gasteiger partial charge in [-0.2, -0.15) is 13.2 Å². The Balaban J connectivity index is 1.44. The monoisotopic (exact) mass is 513 g/mol. The molecule has 1 saturated heterocycles. The summed E-state index contributed by atoms with van der Waals surface area (Å²) < 4.78 is 46.4. The maximum atomic E-state index is 13.7. The van der Waals surface area contributed by atoms with E-state index in [4.69, 9.17) is 4.74 Å². The fraction of sp³-hybridized carbons (Fsp3) is 0.308. The van der Waals surface area contributed by atoms with E-state index in [2.05, 4.69) is 43.9 Å². The Bertz CT molecular complexity index is 1350. The van der Waals surface area contributed by atoms with E-state index >= 15 is 0 Å². The lowest BCUT2D eigenvalue weighted by molar-refractivity contribution is -0.140. The third-order valence-corrected chi connectivity index (χ3v) is 7.27. The molecule has 2 N–H and O–H groups in total. The van der Waals surface area contributed by atoms with Crippen LogP contribution in [0.3, 0.4) is 0 Å². The van der Waals surface area contributed by atoms with Crippen molar-refractivity contribution in [3.63, 3.8) is 0 Å². The summed E-state index contributed by atoms with van der Waals surface area (Å²) >= 11 is 1.64. The largest absolute Gasteiger partial charge is 0.435 e. The summed E-state index contributed by atoms with van der Waals surface area (Å²) in [4.78, 5) is 4.29. The van der Waals surface area contributed by atoms with Gasteiger partial charge < -0.3 is 20.3 Å².